The monoisotopic (exact) mass is 387 g/mol. The van der Waals surface area contributed by atoms with Crippen LogP contribution >= 0.6 is 11.3 Å². The number of thiophene rings is 1. The van der Waals surface area contributed by atoms with Gasteiger partial charge in [-0.25, -0.2) is 0 Å². The van der Waals surface area contributed by atoms with E-state index in [0.717, 1.165) is 57.3 Å². The molecule has 2 aromatic heterocycles. The van der Waals surface area contributed by atoms with Gasteiger partial charge < -0.3 is 14.7 Å². The molecular weight excluding hydrogens is 358 g/mol. The number of hydrogen-bond donors (Lipinski definition) is 0. The van der Waals surface area contributed by atoms with Crippen LogP contribution in [0.15, 0.2) is 23.6 Å². The summed E-state index contributed by atoms with van der Waals surface area (Å²) >= 11 is 1.74. The summed E-state index contributed by atoms with van der Waals surface area (Å²) in [6.45, 7) is 11.3. The van der Waals surface area contributed by atoms with Gasteiger partial charge in [0.15, 0.2) is 11.6 Å². The van der Waals surface area contributed by atoms with E-state index < -0.39 is 0 Å². The lowest BCUT2D eigenvalue weighted by Crippen LogP contribution is -2.49. The molecule has 1 fully saturated rings. The minimum absolute atomic E-state index is 0.255. The Morgan fingerprint density at radius 2 is 1.85 bits per heavy atom. The Labute approximate surface area is 165 Å². The highest BCUT2D eigenvalue weighted by atomic mass is 32.1. The molecule has 0 unspecified atom stereocenters. The van der Waals surface area contributed by atoms with Crippen LogP contribution < -0.4 is 9.80 Å². The Morgan fingerprint density at radius 3 is 2.41 bits per heavy atom. The SMILES string of the molecule is CCN(CC)c1ccc(N2CCN(C(=O)CCc3sccc3C)CC2)nn1. The Hall–Kier alpha value is -2.15. The Morgan fingerprint density at radius 1 is 1.11 bits per heavy atom. The van der Waals surface area contributed by atoms with E-state index in [-0.39, 0.29) is 5.91 Å². The predicted octanol–water partition coefficient (Wildman–Crippen LogP) is 2.97. The molecule has 1 amide bonds. The first-order chi connectivity index (χ1) is 13.1. The van der Waals surface area contributed by atoms with Crippen LogP contribution in [0.5, 0.6) is 0 Å². The Bertz CT molecular complexity index is 733. The first kappa shape index (κ1) is 19.6. The van der Waals surface area contributed by atoms with Gasteiger partial charge in [0.1, 0.15) is 0 Å². The third-order valence-electron chi connectivity index (χ3n) is 5.21. The summed E-state index contributed by atoms with van der Waals surface area (Å²) in [4.78, 5) is 20.2. The molecule has 0 atom stereocenters. The second kappa shape index (κ2) is 9.17. The largest absolute Gasteiger partial charge is 0.356 e. The van der Waals surface area contributed by atoms with E-state index in [1.807, 2.05) is 17.0 Å². The van der Waals surface area contributed by atoms with Gasteiger partial charge in [-0.2, -0.15) is 0 Å². The molecule has 3 rings (SSSR count). The maximum atomic E-state index is 12.5. The van der Waals surface area contributed by atoms with Gasteiger partial charge in [-0.05, 0) is 56.3 Å². The van der Waals surface area contributed by atoms with Crippen molar-refractivity contribution in [3.8, 4) is 0 Å². The van der Waals surface area contributed by atoms with Crippen molar-refractivity contribution in [1.82, 2.24) is 15.1 Å². The van der Waals surface area contributed by atoms with Gasteiger partial charge in [-0.1, -0.05) is 0 Å². The molecule has 6 nitrogen and oxygen atoms in total. The summed E-state index contributed by atoms with van der Waals surface area (Å²) < 4.78 is 0. The van der Waals surface area contributed by atoms with Crippen LogP contribution in [0.2, 0.25) is 0 Å². The van der Waals surface area contributed by atoms with Crippen LogP contribution in [0, 0.1) is 6.92 Å². The fraction of sp³-hybridized carbons (Fsp3) is 0.550. The molecule has 1 aliphatic rings. The average Bonchev–Trinajstić information content (AvgIpc) is 3.12. The smallest absolute Gasteiger partial charge is 0.223 e. The summed E-state index contributed by atoms with van der Waals surface area (Å²) in [7, 11) is 0. The van der Waals surface area contributed by atoms with Gasteiger partial charge in [0.25, 0.3) is 0 Å². The standard InChI is InChI=1S/C20H29N5OS/c1-4-23(5-2)18-7-8-19(22-21-18)24-11-13-25(14-12-24)20(26)9-6-17-16(3)10-15-27-17/h7-8,10,15H,4-6,9,11-14H2,1-3H3. The van der Waals surface area contributed by atoms with E-state index in [9.17, 15) is 4.79 Å². The van der Waals surface area contributed by atoms with Gasteiger partial charge in [-0.3, -0.25) is 4.79 Å². The summed E-state index contributed by atoms with van der Waals surface area (Å²) in [6, 6.07) is 6.20. The van der Waals surface area contributed by atoms with Crippen molar-refractivity contribution >= 4 is 28.9 Å². The quantitative estimate of drug-likeness (QED) is 0.731. The Kier molecular flexibility index (Phi) is 6.66. The van der Waals surface area contributed by atoms with E-state index in [1.54, 1.807) is 11.3 Å². The van der Waals surface area contributed by atoms with Crippen LogP contribution in [0.3, 0.4) is 0 Å². The number of piperazine rings is 1. The van der Waals surface area contributed by atoms with Crippen LogP contribution in [-0.4, -0.2) is 60.3 Å². The number of hydrogen-bond acceptors (Lipinski definition) is 6. The second-order valence-electron chi connectivity index (χ2n) is 6.82. The lowest BCUT2D eigenvalue weighted by Gasteiger charge is -2.35. The third-order valence-corrected chi connectivity index (χ3v) is 6.30. The third kappa shape index (κ3) is 4.77. The van der Waals surface area contributed by atoms with Gasteiger partial charge in [0.05, 0.1) is 0 Å². The molecule has 0 aliphatic carbocycles. The minimum Gasteiger partial charge on any atom is -0.356 e. The average molecular weight is 388 g/mol. The molecule has 0 spiro atoms. The number of nitrogens with zero attached hydrogens (tertiary/aromatic N) is 5. The lowest BCUT2D eigenvalue weighted by atomic mass is 10.2. The van der Waals surface area contributed by atoms with E-state index in [2.05, 4.69) is 52.2 Å². The maximum absolute atomic E-state index is 12.5. The van der Waals surface area contributed by atoms with Gasteiger partial charge in [-0.15, -0.1) is 21.5 Å². The molecule has 7 heteroatoms. The number of aryl methyl sites for hydroxylation is 2. The summed E-state index contributed by atoms with van der Waals surface area (Å²) in [5.41, 5.74) is 1.30. The zero-order valence-electron chi connectivity index (χ0n) is 16.5. The van der Waals surface area contributed by atoms with E-state index in [4.69, 9.17) is 0 Å². The van der Waals surface area contributed by atoms with Crippen molar-refractivity contribution in [2.24, 2.45) is 0 Å². The zero-order chi connectivity index (χ0) is 19.2. The molecule has 1 aliphatic heterocycles. The first-order valence-electron chi connectivity index (χ1n) is 9.76. The topological polar surface area (TPSA) is 52.6 Å². The van der Waals surface area contributed by atoms with Gasteiger partial charge >= 0.3 is 0 Å². The molecular formula is C20H29N5OS. The summed E-state index contributed by atoms with van der Waals surface area (Å²) in [5, 5.41) is 10.9. The van der Waals surface area contributed by atoms with Crippen molar-refractivity contribution < 1.29 is 4.79 Å². The number of carbonyl (C=O) groups excluding carboxylic acids is 1. The van der Waals surface area contributed by atoms with Crippen molar-refractivity contribution in [3.63, 3.8) is 0 Å². The molecule has 0 aromatic carbocycles. The highest BCUT2D eigenvalue weighted by Crippen LogP contribution is 2.19. The zero-order valence-corrected chi connectivity index (χ0v) is 17.3. The molecule has 0 N–H and O–H groups in total. The number of anilines is 2. The molecule has 0 saturated carbocycles. The number of carbonyl (C=O) groups is 1. The maximum Gasteiger partial charge on any atom is 0.223 e. The molecule has 2 aromatic rings. The Balaban J connectivity index is 1.49. The van der Waals surface area contributed by atoms with Gasteiger partial charge in [0.2, 0.25) is 5.91 Å². The number of amides is 1. The molecule has 0 bridgehead atoms. The van der Waals surface area contributed by atoms with Crippen molar-refractivity contribution in [1.29, 1.82) is 0 Å². The number of aromatic nitrogens is 2. The summed E-state index contributed by atoms with van der Waals surface area (Å²) in [6.07, 6.45) is 1.45. The number of rotatable bonds is 7. The lowest BCUT2D eigenvalue weighted by molar-refractivity contribution is -0.131. The normalized spacial score (nSPS) is 14.5. The fourth-order valence-corrected chi connectivity index (χ4v) is 4.34. The van der Waals surface area contributed by atoms with Crippen molar-refractivity contribution in [2.45, 2.75) is 33.6 Å². The molecule has 0 radical (unpaired) electrons. The van der Waals surface area contributed by atoms with E-state index in [1.165, 1.54) is 10.4 Å². The molecule has 146 valence electrons. The molecule has 1 saturated heterocycles. The van der Waals surface area contributed by atoms with Crippen LogP contribution in [-0.2, 0) is 11.2 Å². The van der Waals surface area contributed by atoms with E-state index >= 15 is 0 Å². The molecule has 27 heavy (non-hydrogen) atoms. The highest BCUT2D eigenvalue weighted by Gasteiger charge is 2.22. The predicted molar refractivity (Wildman–Crippen MR) is 112 cm³/mol. The first-order valence-corrected chi connectivity index (χ1v) is 10.6. The fourth-order valence-electron chi connectivity index (χ4n) is 3.43. The minimum atomic E-state index is 0.255. The highest BCUT2D eigenvalue weighted by molar-refractivity contribution is 7.10. The summed E-state index contributed by atoms with van der Waals surface area (Å²) in [5.74, 6) is 2.07. The van der Waals surface area contributed by atoms with Crippen LogP contribution in [0.25, 0.3) is 0 Å². The van der Waals surface area contributed by atoms with Crippen LogP contribution in [0.1, 0.15) is 30.7 Å². The van der Waals surface area contributed by atoms with Crippen molar-refractivity contribution in [2.75, 3.05) is 49.1 Å². The van der Waals surface area contributed by atoms with Gasteiger partial charge in [0, 0.05) is 50.6 Å². The molecule has 3 heterocycles. The second-order valence-corrected chi connectivity index (χ2v) is 7.82. The van der Waals surface area contributed by atoms with E-state index in [0.29, 0.717) is 6.42 Å². The van der Waals surface area contributed by atoms with Crippen LogP contribution in [0.4, 0.5) is 11.6 Å². The van der Waals surface area contributed by atoms with Crippen molar-refractivity contribution in [3.05, 3.63) is 34.0 Å².